The zero-order chi connectivity index (χ0) is 31.1. The molecule has 0 aliphatic carbocycles. The van der Waals surface area contributed by atoms with Gasteiger partial charge in [0.2, 0.25) is 0 Å². The molecule has 47 heavy (non-hydrogen) atoms. The highest BCUT2D eigenvalue weighted by atomic mass is 32.1. The van der Waals surface area contributed by atoms with Gasteiger partial charge in [-0.05, 0) is 91.8 Å². The molecule has 0 aliphatic rings. The van der Waals surface area contributed by atoms with Gasteiger partial charge in [0.15, 0.2) is 0 Å². The molecule has 2 nitrogen and oxygen atoms in total. The van der Waals surface area contributed by atoms with Crippen molar-refractivity contribution in [3.8, 4) is 27.9 Å². The summed E-state index contributed by atoms with van der Waals surface area (Å²) in [4.78, 5) is 4.80. The Bertz CT molecular complexity index is 2800. The molecule has 0 aliphatic heterocycles. The fraction of sp³-hybridized carbons (Fsp3) is 0.0227. The lowest BCUT2D eigenvalue weighted by Crippen LogP contribution is -1.97. The summed E-state index contributed by atoms with van der Waals surface area (Å²) < 4.78 is 4.93. The van der Waals surface area contributed by atoms with E-state index >= 15 is 0 Å². The van der Waals surface area contributed by atoms with E-state index in [4.69, 9.17) is 4.98 Å². The Morgan fingerprint density at radius 3 is 1.79 bits per heavy atom. The lowest BCUT2D eigenvalue weighted by Gasteiger charge is -2.18. The molecular formula is C44H28N2S. The first kappa shape index (κ1) is 26.4. The van der Waals surface area contributed by atoms with Gasteiger partial charge < -0.3 is 0 Å². The van der Waals surface area contributed by atoms with Crippen LogP contribution >= 0.6 is 11.3 Å². The summed E-state index contributed by atoms with van der Waals surface area (Å²) in [5.74, 6) is 0.989. The molecule has 10 aromatic rings. The molecule has 0 atom stereocenters. The topological polar surface area (TPSA) is 17.8 Å². The van der Waals surface area contributed by atoms with E-state index in [1.165, 1.54) is 74.7 Å². The summed E-state index contributed by atoms with van der Waals surface area (Å²) in [5, 5.41) is 10.4. The molecule has 2 aromatic heterocycles. The zero-order valence-corrected chi connectivity index (χ0v) is 26.6. The maximum Gasteiger partial charge on any atom is 0.111 e. The standard InChI is InChI=1S/C44H28N2S/c1-27-45-39-16-8-9-17-40(39)46(27)31-22-18-29(19-23-31)42-34-12-4-6-14-36(34)43(37-15-7-5-13-35(37)42)30-21-24-33-38-25-20-28-10-2-3-11-32(28)44(38)47-41(33)26-30/h2-26H,1H3. The zero-order valence-electron chi connectivity index (χ0n) is 25.7. The molecule has 8 aromatic carbocycles. The fourth-order valence-corrected chi connectivity index (χ4v) is 8.94. The van der Waals surface area contributed by atoms with Crippen molar-refractivity contribution in [2.75, 3.05) is 0 Å². The first-order chi connectivity index (χ1) is 23.2. The van der Waals surface area contributed by atoms with Crippen LogP contribution < -0.4 is 0 Å². The van der Waals surface area contributed by atoms with E-state index in [-0.39, 0.29) is 0 Å². The molecule has 3 heteroatoms. The van der Waals surface area contributed by atoms with E-state index in [2.05, 4.69) is 157 Å². The second kappa shape index (κ2) is 10.1. The number of rotatable bonds is 3. The van der Waals surface area contributed by atoms with E-state index < -0.39 is 0 Å². The minimum atomic E-state index is 0.989. The van der Waals surface area contributed by atoms with Crippen LogP contribution in [0.5, 0.6) is 0 Å². The number of fused-ring (bicyclic) bond motifs is 8. The predicted octanol–water partition coefficient (Wildman–Crippen LogP) is 12.5. The van der Waals surface area contributed by atoms with E-state index in [0.717, 1.165) is 22.5 Å². The number of nitrogens with zero attached hydrogens (tertiary/aromatic N) is 2. The Kier molecular flexibility index (Phi) is 5.69. The van der Waals surface area contributed by atoms with Gasteiger partial charge in [0.25, 0.3) is 0 Å². The average Bonchev–Trinajstić information content (AvgIpc) is 3.67. The molecule has 10 rings (SSSR count). The van der Waals surface area contributed by atoms with Gasteiger partial charge in [-0.2, -0.15) is 0 Å². The van der Waals surface area contributed by atoms with Gasteiger partial charge in [-0.3, -0.25) is 4.57 Å². The SMILES string of the molecule is Cc1nc2ccccc2n1-c1ccc(-c2c3ccccc3c(-c3ccc4c(c3)sc3c5ccccc5ccc43)c3ccccc23)cc1. The van der Waals surface area contributed by atoms with Crippen molar-refractivity contribution in [2.45, 2.75) is 6.92 Å². The maximum atomic E-state index is 4.80. The number of hydrogen-bond donors (Lipinski definition) is 0. The lowest BCUT2D eigenvalue weighted by molar-refractivity contribution is 1.00. The van der Waals surface area contributed by atoms with Gasteiger partial charge in [0.1, 0.15) is 5.82 Å². The highest BCUT2D eigenvalue weighted by Gasteiger charge is 2.18. The largest absolute Gasteiger partial charge is 0.297 e. The van der Waals surface area contributed by atoms with Crippen LogP contribution in [-0.2, 0) is 0 Å². The van der Waals surface area contributed by atoms with Crippen LogP contribution in [0.2, 0.25) is 0 Å². The number of para-hydroxylation sites is 2. The van der Waals surface area contributed by atoms with Crippen molar-refractivity contribution < 1.29 is 0 Å². The molecule has 0 saturated heterocycles. The third kappa shape index (κ3) is 3.94. The Labute approximate surface area is 275 Å². The van der Waals surface area contributed by atoms with Crippen LogP contribution in [0.3, 0.4) is 0 Å². The second-order valence-electron chi connectivity index (χ2n) is 12.3. The highest BCUT2D eigenvalue weighted by Crippen LogP contribution is 2.46. The number of hydrogen-bond acceptors (Lipinski definition) is 2. The minimum absolute atomic E-state index is 0.989. The maximum absolute atomic E-state index is 4.80. The van der Waals surface area contributed by atoms with Gasteiger partial charge in [0.05, 0.1) is 11.0 Å². The van der Waals surface area contributed by atoms with Crippen molar-refractivity contribution in [3.05, 3.63) is 157 Å². The number of benzene rings is 8. The Balaban J connectivity index is 1.18. The second-order valence-corrected chi connectivity index (χ2v) is 13.4. The third-order valence-electron chi connectivity index (χ3n) is 9.73. The summed E-state index contributed by atoms with van der Waals surface area (Å²) in [5.41, 5.74) is 8.29. The van der Waals surface area contributed by atoms with Gasteiger partial charge in [-0.15, -0.1) is 11.3 Å². The number of thiophene rings is 1. The summed E-state index contributed by atoms with van der Waals surface area (Å²) in [6.07, 6.45) is 0. The van der Waals surface area contributed by atoms with Crippen molar-refractivity contribution in [1.29, 1.82) is 0 Å². The smallest absolute Gasteiger partial charge is 0.111 e. The molecule has 0 bridgehead atoms. The summed E-state index contributed by atoms with van der Waals surface area (Å²) in [6, 6.07) is 55.5. The third-order valence-corrected chi connectivity index (χ3v) is 10.9. The van der Waals surface area contributed by atoms with Crippen molar-refractivity contribution in [2.24, 2.45) is 0 Å². The first-order valence-corrected chi connectivity index (χ1v) is 16.9. The summed E-state index contributed by atoms with van der Waals surface area (Å²) in [7, 11) is 0. The molecule has 220 valence electrons. The molecule has 2 heterocycles. The molecule has 0 spiro atoms. The van der Waals surface area contributed by atoms with Crippen LogP contribution in [0.1, 0.15) is 5.82 Å². The van der Waals surface area contributed by atoms with Crippen LogP contribution in [0.25, 0.3) is 91.5 Å². The molecule has 0 fully saturated rings. The van der Waals surface area contributed by atoms with Crippen molar-refractivity contribution in [1.82, 2.24) is 9.55 Å². The van der Waals surface area contributed by atoms with E-state index in [0.29, 0.717) is 0 Å². The molecule has 0 N–H and O–H groups in total. The van der Waals surface area contributed by atoms with Gasteiger partial charge in [-0.1, -0.05) is 121 Å². The highest BCUT2D eigenvalue weighted by molar-refractivity contribution is 7.26. The minimum Gasteiger partial charge on any atom is -0.297 e. The Morgan fingerprint density at radius 1 is 0.489 bits per heavy atom. The number of aromatic nitrogens is 2. The van der Waals surface area contributed by atoms with Crippen molar-refractivity contribution >= 4 is 74.9 Å². The molecular weight excluding hydrogens is 589 g/mol. The number of aryl methyl sites for hydroxylation is 1. The molecule has 0 unspecified atom stereocenters. The van der Waals surface area contributed by atoms with Crippen LogP contribution in [0.15, 0.2) is 152 Å². The van der Waals surface area contributed by atoms with Gasteiger partial charge in [-0.25, -0.2) is 4.98 Å². The van der Waals surface area contributed by atoms with Gasteiger partial charge in [0, 0.05) is 25.9 Å². The van der Waals surface area contributed by atoms with E-state index in [1.54, 1.807) is 0 Å². The van der Waals surface area contributed by atoms with E-state index in [1.807, 2.05) is 17.4 Å². The monoisotopic (exact) mass is 616 g/mol. The average molecular weight is 617 g/mol. The lowest BCUT2D eigenvalue weighted by atomic mass is 9.86. The summed E-state index contributed by atoms with van der Waals surface area (Å²) in [6.45, 7) is 2.08. The fourth-order valence-electron chi connectivity index (χ4n) is 7.66. The Hall–Kier alpha value is -5.77. The number of imidazole rings is 1. The van der Waals surface area contributed by atoms with E-state index in [9.17, 15) is 0 Å². The normalized spacial score (nSPS) is 11.9. The van der Waals surface area contributed by atoms with Crippen molar-refractivity contribution in [3.63, 3.8) is 0 Å². The van der Waals surface area contributed by atoms with Crippen LogP contribution in [-0.4, -0.2) is 9.55 Å². The molecule has 0 saturated carbocycles. The Morgan fingerprint density at radius 2 is 1.06 bits per heavy atom. The van der Waals surface area contributed by atoms with Crippen LogP contribution in [0.4, 0.5) is 0 Å². The summed E-state index contributed by atoms with van der Waals surface area (Å²) >= 11 is 1.91. The molecule has 0 amide bonds. The predicted molar refractivity (Wildman–Crippen MR) is 202 cm³/mol. The van der Waals surface area contributed by atoms with Crippen LogP contribution in [0, 0.1) is 6.92 Å². The quantitative estimate of drug-likeness (QED) is 0.181. The molecule has 0 radical (unpaired) electrons. The first-order valence-electron chi connectivity index (χ1n) is 16.1. The van der Waals surface area contributed by atoms with Gasteiger partial charge >= 0.3 is 0 Å².